The van der Waals surface area contributed by atoms with Crippen LogP contribution in [0.25, 0.3) is 9.53 Å². The van der Waals surface area contributed by atoms with Crippen LogP contribution >= 0.6 is 22.7 Å². The summed E-state index contributed by atoms with van der Waals surface area (Å²) in [6, 6.07) is 7.94. The minimum atomic E-state index is -4.06. The number of aromatic nitrogens is 1. The van der Waals surface area contributed by atoms with Crippen molar-refractivity contribution in [2.24, 2.45) is 0 Å². The molecule has 4 rings (SSSR count). The zero-order chi connectivity index (χ0) is 23.0. The van der Waals surface area contributed by atoms with Crippen LogP contribution in [0.3, 0.4) is 0 Å². The number of fused-ring (bicyclic) bond motifs is 2. The maximum Gasteiger partial charge on any atom is 0.274 e. The highest BCUT2D eigenvalue weighted by molar-refractivity contribution is 7.90. The Hall–Kier alpha value is -2.83. The summed E-state index contributed by atoms with van der Waals surface area (Å²) in [6.45, 7) is 5.35. The third-order valence-electron chi connectivity index (χ3n) is 5.05. The third kappa shape index (κ3) is 4.12. The number of nitrogens with zero attached hydrogens (tertiary/aromatic N) is 3. The second-order valence-corrected chi connectivity index (χ2v) is 10.9. The van der Waals surface area contributed by atoms with Gasteiger partial charge in [0.15, 0.2) is 5.13 Å². The van der Waals surface area contributed by atoms with Crippen LogP contribution in [0.2, 0.25) is 0 Å². The second-order valence-electron chi connectivity index (χ2n) is 7.01. The summed E-state index contributed by atoms with van der Waals surface area (Å²) in [5, 5.41) is 0.858. The van der Waals surface area contributed by atoms with E-state index in [1.165, 1.54) is 23.5 Å². The first-order valence-electron chi connectivity index (χ1n) is 9.89. The van der Waals surface area contributed by atoms with Crippen molar-refractivity contribution in [3.05, 3.63) is 46.3 Å². The van der Waals surface area contributed by atoms with Crippen molar-refractivity contribution in [3.8, 4) is 0 Å². The van der Waals surface area contributed by atoms with E-state index >= 15 is 0 Å². The number of imide groups is 1. The first-order chi connectivity index (χ1) is 15.2. The van der Waals surface area contributed by atoms with Gasteiger partial charge in [-0.15, -0.1) is 11.3 Å². The number of anilines is 1. The molecule has 32 heavy (non-hydrogen) atoms. The molecule has 12 heteroatoms. The van der Waals surface area contributed by atoms with Gasteiger partial charge in [-0.1, -0.05) is 23.5 Å². The van der Waals surface area contributed by atoms with E-state index in [2.05, 4.69) is 9.88 Å². The van der Waals surface area contributed by atoms with Crippen LogP contribution in [-0.2, 0) is 10.0 Å². The Balaban J connectivity index is 1.41. The van der Waals surface area contributed by atoms with Gasteiger partial charge in [0, 0.05) is 19.6 Å². The van der Waals surface area contributed by atoms with E-state index in [1.807, 2.05) is 18.6 Å². The first-order valence-corrected chi connectivity index (χ1v) is 13.2. The number of benzene rings is 1. The Morgan fingerprint density at radius 3 is 2.28 bits per heavy atom. The van der Waals surface area contributed by atoms with Crippen LogP contribution in [0.5, 0.6) is 0 Å². The number of nitrogens with one attached hydrogen (secondary N) is 1. The summed E-state index contributed by atoms with van der Waals surface area (Å²) in [7, 11) is -4.06. The van der Waals surface area contributed by atoms with Gasteiger partial charge in [-0.05, 0) is 32.0 Å². The number of sulfonamides is 1. The molecule has 1 aliphatic rings. The van der Waals surface area contributed by atoms with Gasteiger partial charge >= 0.3 is 0 Å². The van der Waals surface area contributed by atoms with Gasteiger partial charge in [-0.2, -0.15) is 0 Å². The Kier molecular flexibility index (Phi) is 6.01. The van der Waals surface area contributed by atoms with Crippen molar-refractivity contribution in [2.45, 2.75) is 13.8 Å². The van der Waals surface area contributed by atoms with Gasteiger partial charge < -0.3 is 4.90 Å². The zero-order valence-electron chi connectivity index (χ0n) is 17.3. The monoisotopic (exact) mass is 492 g/mol. The number of thiazole rings is 1. The van der Waals surface area contributed by atoms with Crippen molar-refractivity contribution in [1.82, 2.24) is 14.6 Å². The molecule has 0 bridgehead atoms. The van der Waals surface area contributed by atoms with Crippen molar-refractivity contribution in [2.75, 3.05) is 30.3 Å². The molecule has 0 fully saturated rings. The van der Waals surface area contributed by atoms with Crippen LogP contribution in [0, 0.1) is 0 Å². The average molecular weight is 493 g/mol. The molecule has 1 aromatic carbocycles. The van der Waals surface area contributed by atoms with Crippen molar-refractivity contribution in [1.29, 1.82) is 0 Å². The molecule has 0 radical (unpaired) electrons. The molecule has 3 amide bonds. The molecule has 2 aromatic heterocycles. The van der Waals surface area contributed by atoms with E-state index in [1.54, 1.807) is 18.2 Å². The van der Waals surface area contributed by atoms with Gasteiger partial charge in [0.25, 0.3) is 17.7 Å². The quantitative estimate of drug-likeness (QED) is 0.480. The molecule has 0 saturated carbocycles. The molecule has 1 N–H and O–H groups in total. The van der Waals surface area contributed by atoms with Crippen LogP contribution < -0.4 is 9.62 Å². The summed E-state index contributed by atoms with van der Waals surface area (Å²) in [4.78, 5) is 45.7. The van der Waals surface area contributed by atoms with E-state index in [0.717, 1.165) is 39.2 Å². The second kappa shape index (κ2) is 8.60. The summed E-state index contributed by atoms with van der Waals surface area (Å²) >= 11 is 2.57. The Morgan fingerprint density at radius 2 is 1.72 bits per heavy atom. The van der Waals surface area contributed by atoms with Crippen molar-refractivity contribution >= 4 is 65.1 Å². The van der Waals surface area contributed by atoms with Gasteiger partial charge in [-0.25, -0.2) is 18.1 Å². The molecule has 3 aromatic rings. The molecular formula is C20H20N4O5S3. The minimum absolute atomic E-state index is 0.231. The molecule has 0 spiro atoms. The van der Waals surface area contributed by atoms with E-state index in [0.29, 0.717) is 4.83 Å². The van der Waals surface area contributed by atoms with Crippen LogP contribution in [0.1, 0.15) is 44.2 Å². The fourth-order valence-corrected chi connectivity index (χ4v) is 6.58. The Bertz CT molecular complexity index is 1260. The predicted octanol–water partition coefficient (Wildman–Crippen LogP) is 2.56. The van der Waals surface area contributed by atoms with E-state index in [9.17, 15) is 22.8 Å². The van der Waals surface area contributed by atoms with Crippen LogP contribution in [0.4, 0.5) is 5.13 Å². The van der Waals surface area contributed by atoms with E-state index in [-0.39, 0.29) is 22.5 Å². The third-order valence-corrected chi connectivity index (χ3v) is 8.48. The van der Waals surface area contributed by atoms with Gasteiger partial charge in [0.1, 0.15) is 4.83 Å². The maximum atomic E-state index is 12.5. The highest BCUT2D eigenvalue weighted by atomic mass is 32.2. The summed E-state index contributed by atoms with van der Waals surface area (Å²) < 4.78 is 27.7. The Morgan fingerprint density at radius 1 is 1.09 bits per heavy atom. The molecule has 1 aliphatic heterocycles. The number of amides is 3. The number of hydrogen-bond donors (Lipinski definition) is 1. The number of hydrogen-bond acceptors (Lipinski definition) is 9. The molecular weight excluding hydrogens is 472 g/mol. The molecule has 0 aliphatic carbocycles. The molecule has 0 atom stereocenters. The number of carbonyl (C=O) groups is 3. The fourth-order valence-electron chi connectivity index (χ4n) is 3.36. The number of carbonyl (C=O) groups excluding carboxylic acids is 3. The SMILES string of the molecule is CCN(CC)c1nc2sc(C(=O)NS(=O)(=O)CCN3C(=O)c4ccccc4C3=O)cc2s1. The highest BCUT2D eigenvalue weighted by Gasteiger charge is 2.35. The molecule has 0 saturated heterocycles. The molecule has 168 valence electrons. The first kappa shape index (κ1) is 22.4. The lowest BCUT2D eigenvalue weighted by Gasteiger charge is -2.16. The summed E-state index contributed by atoms with van der Waals surface area (Å²) in [5.41, 5.74) is 0.489. The largest absolute Gasteiger partial charge is 0.349 e. The Labute approximate surface area is 192 Å². The fraction of sp³-hybridized carbons (Fsp3) is 0.300. The summed E-state index contributed by atoms with van der Waals surface area (Å²) in [5.74, 6) is -2.41. The highest BCUT2D eigenvalue weighted by Crippen LogP contribution is 2.34. The van der Waals surface area contributed by atoms with Crippen LogP contribution in [-0.4, -0.2) is 61.4 Å². The number of rotatable bonds is 8. The molecule has 9 nitrogen and oxygen atoms in total. The van der Waals surface area contributed by atoms with Crippen molar-refractivity contribution in [3.63, 3.8) is 0 Å². The van der Waals surface area contributed by atoms with Gasteiger partial charge in [0.2, 0.25) is 10.0 Å². The lowest BCUT2D eigenvalue weighted by atomic mass is 10.1. The van der Waals surface area contributed by atoms with Gasteiger partial charge in [-0.3, -0.25) is 19.3 Å². The topological polar surface area (TPSA) is 117 Å². The smallest absolute Gasteiger partial charge is 0.274 e. The molecule has 3 heterocycles. The minimum Gasteiger partial charge on any atom is -0.349 e. The van der Waals surface area contributed by atoms with E-state index < -0.39 is 33.5 Å². The predicted molar refractivity (Wildman–Crippen MR) is 124 cm³/mol. The summed E-state index contributed by atoms with van der Waals surface area (Å²) in [6.07, 6.45) is 0. The maximum absolute atomic E-state index is 12.5. The lowest BCUT2D eigenvalue weighted by Crippen LogP contribution is -2.39. The van der Waals surface area contributed by atoms with Gasteiger partial charge in [0.05, 0.1) is 26.5 Å². The van der Waals surface area contributed by atoms with E-state index in [4.69, 9.17) is 0 Å². The van der Waals surface area contributed by atoms with Crippen molar-refractivity contribution < 1.29 is 22.8 Å². The van der Waals surface area contributed by atoms with Crippen LogP contribution in [0.15, 0.2) is 30.3 Å². The average Bonchev–Trinajstić information content (AvgIpc) is 3.39. The zero-order valence-corrected chi connectivity index (χ0v) is 19.8. The standard InChI is InChI=1S/C20H20N4O5S3/c1-3-23(4-2)20-21-17-15(31-20)11-14(30-17)16(25)22-32(28,29)10-9-24-18(26)12-7-5-6-8-13(12)19(24)27/h5-8,11H,3-4,9-10H2,1-2H3,(H,22,25). The molecule has 0 unspecified atom stereocenters. The lowest BCUT2D eigenvalue weighted by molar-refractivity contribution is 0.0664. The number of thiophene rings is 1. The normalized spacial score (nSPS) is 13.6.